The minimum Gasteiger partial charge on any atom is -0.328 e. The van der Waals surface area contributed by atoms with Crippen molar-refractivity contribution in [2.45, 2.75) is 31.0 Å². The Hall–Kier alpha value is -0.900. The molecule has 1 saturated carbocycles. The molecule has 0 bridgehead atoms. The molecule has 1 aliphatic rings. The maximum Gasteiger partial charge on any atom is 0.0466 e. The van der Waals surface area contributed by atoms with E-state index in [9.17, 15) is 0 Å². The van der Waals surface area contributed by atoms with Crippen LogP contribution in [0.15, 0.2) is 30.3 Å². The van der Waals surface area contributed by atoms with E-state index in [1.165, 1.54) is 5.56 Å². The minimum atomic E-state index is 0.419. The first-order valence-electron chi connectivity index (χ1n) is 6.37. The number of nitrogens with zero attached hydrogens (tertiary/aromatic N) is 1. The minimum absolute atomic E-state index is 0.419. The van der Waals surface area contributed by atoms with Gasteiger partial charge in [-0.1, -0.05) is 30.3 Å². The molecule has 2 rings (SSSR count). The number of hydrogen-bond donors (Lipinski definition) is 2. The Bertz CT molecular complexity index is 331. The molecule has 0 radical (unpaired) electrons. The molecule has 94 valence electrons. The molecular formula is C14H23N3. The monoisotopic (exact) mass is 233 g/mol. The largest absolute Gasteiger partial charge is 0.328 e. The van der Waals surface area contributed by atoms with E-state index in [0.29, 0.717) is 18.1 Å². The van der Waals surface area contributed by atoms with Crippen LogP contribution in [-0.2, 0) is 0 Å². The van der Waals surface area contributed by atoms with Gasteiger partial charge >= 0.3 is 0 Å². The van der Waals surface area contributed by atoms with Crippen molar-refractivity contribution in [3.63, 3.8) is 0 Å². The Morgan fingerprint density at radius 2 is 1.94 bits per heavy atom. The molecule has 17 heavy (non-hydrogen) atoms. The van der Waals surface area contributed by atoms with E-state index in [0.717, 1.165) is 19.4 Å². The fourth-order valence-electron chi connectivity index (χ4n) is 2.38. The topological polar surface area (TPSA) is 41.3 Å². The van der Waals surface area contributed by atoms with Crippen LogP contribution in [0.5, 0.6) is 0 Å². The SMILES string of the molecule is CN(C)C(CNC1CC(N)C1)c1ccccc1. The zero-order chi connectivity index (χ0) is 12.3. The van der Waals surface area contributed by atoms with Crippen LogP contribution in [0.3, 0.4) is 0 Å². The smallest absolute Gasteiger partial charge is 0.0466 e. The second-order valence-electron chi connectivity index (χ2n) is 5.23. The molecule has 1 fully saturated rings. The lowest BCUT2D eigenvalue weighted by Crippen LogP contribution is -2.50. The van der Waals surface area contributed by atoms with Crippen molar-refractivity contribution in [1.29, 1.82) is 0 Å². The fraction of sp³-hybridized carbons (Fsp3) is 0.571. The van der Waals surface area contributed by atoms with Crippen LogP contribution in [0.1, 0.15) is 24.4 Å². The van der Waals surface area contributed by atoms with E-state index < -0.39 is 0 Å². The van der Waals surface area contributed by atoms with Gasteiger partial charge in [0, 0.05) is 24.7 Å². The summed E-state index contributed by atoms with van der Waals surface area (Å²) in [6.45, 7) is 0.994. The van der Waals surface area contributed by atoms with Gasteiger partial charge in [-0.15, -0.1) is 0 Å². The highest BCUT2D eigenvalue weighted by Gasteiger charge is 2.26. The van der Waals surface area contributed by atoms with E-state index in [1.807, 2.05) is 0 Å². The third kappa shape index (κ3) is 3.28. The molecule has 3 nitrogen and oxygen atoms in total. The van der Waals surface area contributed by atoms with Crippen LogP contribution in [0.25, 0.3) is 0 Å². The molecule has 0 aromatic heterocycles. The highest BCUT2D eigenvalue weighted by atomic mass is 15.1. The molecule has 3 N–H and O–H groups in total. The number of rotatable bonds is 5. The van der Waals surface area contributed by atoms with Crippen LogP contribution in [0.4, 0.5) is 0 Å². The van der Waals surface area contributed by atoms with Crippen molar-refractivity contribution >= 4 is 0 Å². The van der Waals surface area contributed by atoms with Crippen molar-refractivity contribution in [2.24, 2.45) is 5.73 Å². The van der Waals surface area contributed by atoms with Crippen molar-refractivity contribution in [3.8, 4) is 0 Å². The third-order valence-corrected chi connectivity index (χ3v) is 3.58. The highest BCUT2D eigenvalue weighted by Crippen LogP contribution is 2.21. The fourth-order valence-corrected chi connectivity index (χ4v) is 2.38. The molecular weight excluding hydrogens is 210 g/mol. The first-order valence-corrected chi connectivity index (χ1v) is 6.37. The highest BCUT2D eigenvalue weighted by molar-refractivity contribution is 5.19. The predicted octanol–water partition coefficient (Wildman–Crippen LogP) is 1.37. The van der Waals surface area contributed by atoms with Crippen LogP contribution in [0, 0.1) is 0 Å². The predicted molar refractivity (Wildman–Crippen MR) is 71.9 cm³/mol. The Morgan fingerprint density at radius 3 is 2.47 bits per heavy atom. The Morgan fingerprint density at radius 1 is 1.29 bits per heavy atom. The van der Waals surface area contributed by atoms with Gasteiger partial charge in [-0.3, -0.25) is 0 Å². The zero-order valence-corrected chi connectivity index (χ0v) is 10.8. The second-order valence-corrected chi connectivity index (χ2v) is 5.23. The number of hydrogen-bond acceptors (Lipinski definition) is 3. The van der Waals surface area contributed by atoms with Crippen molar-refractivity contribution in [3.05, 3.63) is 35.9 Å². The molecule has 0 amide bonds. The summed E-state index contributed by atoms with van der Waals surface area (Å²) < 4.78 is 0. The van der Waals surface area contributed by atoms with Crippen molar-refractivity contribution in [2.75, 3.05) is 20.6 Å². The maximum atomic E-state index is 5.80. The lowest BCUT2D eigenvalue weighted by molar-refractivity contribution is 0.238. The second kappa shape index (κ2) is 5.63. The summed E-state index contributed by atoms with van der Waals surface area (Å²) in [5, 5.41) is 3.61. The van der Waals surface area contributed by atoms with Gasteiger partial charge in [0.15, 0.2) is 0 Å². The molecule has 1 aliphatic carbocycles. The summed E-state index contributed by atoms with van der Waals surface area (Å²) in [6, 6.07) is 12.1. The molecule has 1 atom stereocenters. The van der Waals surface area contributed by atoms with Crippen molar-refractivity contribution < 1.29 is 0 Å². The zero-order valence-electron chi connectivity index (χ0n) is 10.8. The van der Waals surface area contributed by atoms with Gasteiger partial charge in [0.25, 0.3) is 0 Å². The summed E-state index contributed by atoms with van der Waals surface area (Å²) in [5.41, 5.74) is 7.16. The summed E-state index contributed by atoms with van der Waals surface area (Å²) in [7, 11) is 4.26. The molecule has 1 aromatic rings. The van der Waals surface area contributed by atoms with E-state index in [2.05, 4.69) is 54.6 Å². The standard InChI is InChI=1S/C14H23N3/c1-17(2)14(11-6-4-3-5-7-11)10-16-13-8-12(15)9-13/h3-7,12-14,16H,8-10,15H2,1-2H3. The van der Waals surface area contributed by atoms with Gasteiger partial charge in [0.1, 0.15) is 0 Å². The van der Waals surface area contributed by atoms with Gasteiger partial charge in [0.05, 0.1) is 0 Å². The van der Waals surface area contributed by atoms with Crippen LogP contribution >= 0.6 is 0 Å². The third-order valence-electron chi connectivity index (χ3n) is 3.58. The van der Waals surface area contributed by atoms with Crippen molar-refractivity contribution in [1.82, 2.24) is 10.2 Å². The molecule has 3 heteroatoms. The molecule has 0 heterocycles. The first-order chi connectivity index (χ1) is 8.16. The Kier molecular flexibility index (Phi) is 4.15. The lowest BCUT2D eigenvalue weighted by atomic mass is 9.87. The van der Waals surface area contributed by atoms with Gasteiger partial charge in [-0.05, 0) is 32.5 Å². The molecule has 0 spiro atoms. The van der Waals surface area contributed by atoms with Crippen LogP contribution in [-0.4, -0.2) is 37.6 Å². The molecule has 1 unspecified atom stereocenters. The van der Waals surface area contributed by atoms with Gasteiger partial charge in [0.2, 0.25) is 0 Å². The first kappa shape index (κ1) is 12.6. The molecule has 1 aromatic carbocycles. The number of likely N-dealkylation sites (N-methyl/N-ethyl adjacent to an activating group) is 1. The summed E-state index contributed by atoms with van der Waals surface area (Å²) in [6.07, 6.45) is 2.24. The van der Waals surface area contributed by atoms with E-state index in [-0.39, 0.29) is 0 Å². The summed E-state index contributed by atoms with van der Waals surface area (Å²) >= 11 is 0. The molecule has 0 aliphatic heterocycles. The van der Waals surface area contributed by atoms with E-state index >= 15 is 0 Å². The maximum absolute atomic E-state index is 5.80. The Labute approximate surface area is 104 Å². The Balaban J connectivity index is 1.89. The van der Waals surface area contributed by atoms with Crippen LogP contribution in [0.2, 0.25) is 0 Å². The number of nitrogens with one attached hydrogen (secondary N) is 1. The average molecular weight is 233 g/mol. The molecule has 0 saturated heterocycles. The average Bonchev–Trinajstić information content (AvgIpc) is 2.27. The van der Waals surface area contributed by atoms with Crippen LogP contribution < -0.4 is 11.1 Å². The van der Waals surface area contributed by atoms with E-state index in [1.54, 1.807) is 0 Å². The van der Waals surface area contributed by atoms with Gasteiger partial charge in [-0.25, -0.2) is 0 Å². The summed E-state index contributed by atoms with van der Waals surface area (Å²) in [4.78, 5) is 2.26. The lowest BCUT2D eigenvalue weighted by Gasteiger charge is -2.35. The number of nitrogens with two attached hydrogens (primary N) is 1. The normalized spacial score (nSPS) is 25.6. The van der Waals surface area contributed by atoms with E-state index in [4.69, 9.17) is 5.73 Å². The quantitative estimate of drug-likeness (QED) is 0.807. The van der Waals surface area contributed by atoms with Gasteiger partial charge in [-0.2, -0.15) is 0 Å². The number of benzene rings is 1. The summed E-state index contributed by atoms with van der Waals surface area (Å²) in [5.74, 6) is 0. The van der Waals surface area contributed by atoms with Gasteiger partial charge < -0.3 is 16.0 Å².